The molecule has 0 spiro atoms. The smallest absolute Gasteiger partial charge is 0.332 e. The van der Waals surface area contributed by atoms with E-state index in [2.05, 4.69) is 28.5 Å². The van der Waals surface area contributed by atoms with Crippen molar-refractivity contribution in [1.82, 2.24) is 15.2 Å². The molecule has 4 amide bonds. The third-order valence-corrected chi connectivity index (χ3v) is 8.92. The van der Waals surface area contributed by atoms with Crippen LogP contribution in [0.15, 0.2) is 103 Å². The van der Waals surface area contributed by atoms with Crippen LogP contribution in [0.5, 0.6) is 0 Å². The third-order valence-electron chi connectivity index (χ3n) is 8.92. The number of urea groups is 1. The molecule has 3 atom stereocenters. The van der Waals surface area contributed by atoms with Gasteiger partial charge in [0.2, 0.25) is 0 Å². The number of imide groups is 1. The van der Waals surface area contributed by atoms with Crippen LogP contribution >= 0.6 is 0 Å². The van der Waals surface area contributed by atoms with E-state index >= 15 is 0 Å². The van der Waals surface area contributed by atoms with Crippen LogP contribution in [0.2, 0.25) is 0 Å². The molecule has 7 nitrogen and oxygen atoms in total. The van der Waals surface area contributed by atoms with Crippen molar-refractivity contribution in [3.63, 3.8) is 0 Å². The molecule has 2 N–H and O–H groups in total. The molecule has 0 saturated carbocycles. The maximum absolute atomic E-state index is 14.4. The normalized spacial score (nSPS) is 18.3. The average Bonchev–Trinajstić information content (AvgIpc) is 3.54. The van der Waals surface area contributed by atoms with Gasteiger partial charge in [-0.1, -0.05) is 90.5 Å². The van der Waals surface area contributed by atoms with E-state index < -0.39 is 18.1 Å². The number of fused-ring (bicyclic) bond motifs is 4. The van der Waals surface area contributed by atoms with Gasteiger partial charge in [-0.3, -0.25) is 14.5 Å². The SMILES string of the molecule is Cc1ccc([C@H]2c3[nH]c4ccccc4c3C[C@H]3C(=O)N(c4ccccc4C(=O)N[C@H](C)CCc4ccccc4)C(=O)N23)cc1. The Balaban J connectivity index is 1.22. The number of carbonyl (C=O) groups is 3. The molecule has 2 aliphatic rings. The van der Waals surface area contributed by atoms with E-state index in [4.69, 9.17) is 0 Å². The molecule has 7 heteroatoms. The summed E-state index contributed by atoms with van der Waals surface area (Å²) >= 11 is 0. The van der Waals surface area contributed by atoms with Crippen molar-refractivity contribution < 1.29 is 14.4 Å². The maximum Gasteiger partial charge on any atom is 0.332 e. The number of anilines is 1. The lowest BCUT2D eigenvalue weighted by Gasteiger charge is -2.36. The lowest BCUT2D eigenvalue weighted by Crippen LogP contribution is -2.44. The first kappa shape index (κ1) is 27.7. The molecular formula is C37H34N4O3. The van der Waals surface area contributed by atoms with Gasteiger partial charge in [0.25, 0.3) is 11.8 Å². The van der Waals surface area contributed by atoms with E-state index in [0.29, 0.717) is 17.7 Å². The molecule has 1 aromatic heterocycles. The largest absolute Gasteiger partial charge is 0.356 e. The van der Waals surface area contributed by atoms with Crippen LogP contribution in [-0.2, 0) is 17.6 Å². The maximum atomic E-state index is 14.4. The zero-order chi connectivity index (χ0) is 30.4. The Kier molecular flexibility index (Phi) is 7.01. The number of nitrogens with one attached hydrogen (secondary N) is 2. The standard InChI is InChI=1S/C37H34N4O3/c1-23-16-20-26(21-17-23)34-33-29(27-12-6-8-14-30(27)39-33)22-32-36(43)41(37(44)40(32)34)31-15-9-7-13-28(31)35(42)38-24(2)18-19-25-10-4-3-5-11-25/h3-17,20-21,24,32,34,39H,18-19,22H2,1-2H3,(H,38,42)/t24-,32+,34+/m1/s1. The van der Waals surface area contributed by atoms with Gasteiger partial charge in [0.15, 0.2) is 0 Å². The molecule has 220 valence electrons. The van der Waals surface area contributed by atoms with E-state index in [1.54, 1.807) is 29.2 Å². The number of amides is 4. The summed E-state index contributed by atoms with van der Waals surface area (Å²) < 4.78 is 0. The zero-order valence-electron chi connectivity index (χ0n) is 24.8. The van der Waals surface area contributed by atoms with E-state index in [1.165, 1.54) is 10.5 Å². The molecular weight excluding hydrogens is 548 g/mol. The third kappa shape index (κ3) is 4.74. The first-order chi connectivity index (χ1) is 21.4. The van der Waals surface area contributed by atoms with Gasteiger partial charge in [0, 0.05) is 29.1 Å². The van der Waals surface area contributed by atoms with Crippen molar-refractivity contribution in [2.45, 2.75) is 51.2 Å². The number of para-hydroxylation sites is 2. The number of aromatic nitrogens is 1. The van der Waals surface area contributed by atoms with E-state index in [0.717, 1.165) is 46.1 Å². The first-order valence-electron chi connectivity index (χ1n) is 15.2. The highest BCUT2D eigenvalue weighted by molar-refractivity contribution is 6.24. The minimum Gasteiger partial charge on any atom is -0.356 e. The fourth-order valence-corrected chi connectivity index (χ4v) is 6.65. The monoisotopic (exact) mass is 582 g/mol. The number of benzene rings is 4. The number of aryl methyl sites for hydroxylation is 2. The number of hydrogen-bond donors (Lipinski definition) is 2. The highest BCUT2D eigenvalue weighted by Gasteiger charge is 2.53. The second kappa shape index (κ2) is 11.2. The number of nitrogens with zero attached hydrogens (tertiary/aromatic N) is 2. The molecule has 4 aromatic carbocycles. The highest BCUT2D eigenvalue weighted by atomic mass is 16.2. The average molecular weight is 583 g/mol. The van der Waals surface area contributed by atoms with Gasteiger partial charge in [-0.05, 0) is 61.6 Å². The van der Waals surface area contributed by atoms with Crippen molar-refractivity contribution in [3.05, 3.63) is 137 Å². The van der Waals surface area contributed by atoms with Crippen LogP contribution in [-0.4, -0.2) is 39.8 Å². The molecule has 3 heterocycles. The van der Waals surface area contributed by atoms with Gasteiger partial charge in [0.1, 0.15) is 12.1 Å². The molecule has 1 fully saturated rings. The number of carbonyl (C=O) groups excluding carboxylic acids is 3. The number of aromatic amines is 1. The van der Waals surface area contributed by atoms with E-state index in [-0.39, 0.29) is 17.9 Å². The number of hydrogen-bond acceptors (Lipinski definition) is 3. The fraction of sp³-hybridized carbons (Fsp3) is 0.216. The fourth-order valence-electron chi connectivity index (χ4n) is 6.65. The summed E-state index contributed by atoms with van der Waals surface area (Å²) in [4.78, 5) is 48.7. The second-order valence-corrected chi connectivity index (χ2v) is 11.9. The van der Waals surface area contributed by atoms with Crippen molar-refractivity contribution in [2.24, 2.45) is 0 Å². The van der Waals surface area contributed by atoms with Gasteiger partial charge < -0.3 is 10.3 Å². The van der Waals surface area contributed by atoms with Gasteiger partial charge in [0.05, 0.1) is 11.3 Å². The van der Waals surface area contributed by atoms with Crippen LogP contribution in [0.1, 0.15) is 57.7 Å². The molecule has 1 saturated heterocycles. The Bertz CT molecular complexity index is 1880. The molecule has 0 unspecified atom stereocenters. The summed E-state index contributed by atoms with van der Waals surface area (Å²) in [6, 6.07) is 31.5. The number of H-pyrrole nitrogens is 1. The molecule has 0 bridgehead atoms. The van der Waals surface area contributed by atoms with Crippen LogP contribution < -0.4 is 10.2 Å². The quantitative estimate of drug-likeness (QED) is 0.209. The Morgan fingerprint density at radius 1 is 0.909 bits per heavy atom. The van der Waals surface area contributed by atoms with Gasteiger partial charge in [-0.25, -0.2) is 9.69 Å². The molecule has 2 aliphatic heterocycles. The van der Waals surface area contributed by atoms with Crippen molar-refractivity contribution in [1.29, 1.82) is 0 Å². The Morgan fingerprint density at radius 3 is 2.41 bits per heavy atom. The first-order valence-corrected chi connectivity index (χ1v) is 15.2. The Morgan fingerprint density at radius 2 is 1.61 bits per heavy atom. The highest BCUT2D eigenvalue weighted by Crippen LogP contribution is 2.45. The summed E-state index contributed by atoms with van der Waals surface area (Å²) in [7, 11) is 0. The van der Waals surface area contributed by atoms with E-state index in [9.17, 15) is 14.4 Å². The van der Waals surface area contributed by atoms with Gasteiger partial charge in [-0.15, -0.1) is 0 Å². The molecule has 0 aliphatic carbocycles. The Hall–Kier alpha value is -5.17. The molecule has 44 heavy (non-hydrogen) atoms. The number of rotatable bonds is 7. The van der Waals surface area contributed by atoms with Crippen LogP contribution in [0.3, 0.4) is 0 Å². The zero-order valence-corrected chi connectivity index (χ0v) is 24.8. The summed E-state index contributed by atoms with van der Waals surface area (Å²) in [5.74, 6) is -0.627. The minimum atomic E-state index is -0.693. The summed E-state index contributed by atoms with van der Waals surface area (Å²) in [5, 5.41) is 4.14. The van der Waals surface area contributed by atoms with Gasteiger partial charge >= 0.3 is 6.03 Å². The van der Waals surface area contributed by atoms with Crippen LogP contribution in [0.4, 0.5) is 10.5 Å². The summed E-state index contributed by atoms with van der Waals surface area (Å²) in [5.41, 5.74) is 6.81. The predicted molar refractivity (Wildman–Crippen MR) is 172 cm³/mol. The van der Waals surface area contributed by atoms with Crippen molar-refractivity contribution >= 4 is 34.4 Å². The lowest BCUT2D eigenvalue weighted by atomic mass is 9.88. The van der Waals surface area contributed by atoms with Gasteiger partial charge in [-0.2, -0.15) is 0 Å². The topological polar surface area (TPSA) is 85.5 Å². The van der Waals surface area contributed by atoms with Crippen LogP contribution in [0.25, 0.3) is 10.9 Å². The lowest BCUT2D eigenvalue weighted by molar-refractivity contribution is -0.120. The summed E-state index contributed by atoms with van der Waals surface area (Å²) in [6.45, 7) is 4.00. The minimum absolute atomic E-state index is 0.101. The van der Waals surface area contributed by atoms with Crippen molar-refractivity contribution in [2.75, 3.05) is 4.90 Å². The Labute approximate surface area is 256 Å². The van der Waals surface area contributed by atoms with E-state index in [1.807, 2.05) is 74.5 Å². The molecule has 5 aromatic rings. The molecule has 7 rings (SSSR count). The van der Waals surface area contributed by atoms with Crippen molar-refractivity contribution in [3.8, 4) is 0 Å². The second-order valence-electron chi connectivity index (χ2n) is 11.9. The van der Waals surface area contributed by atoms with Crippen LogP contribution in [0, 0.1) is 6.92 Å². The summed E-state index contributed by atoms with van der Waals surface area (Å²) in [6.07, 6.45) is 1.99. The molecule has 0 radical (unpaired) electrons. The predicted octanol–water partition coefficient (Wildman–Crippen LogP) is 6.71.